The Morgan fingerprint density at radius 2 is 1.43 bits per heavy atom. The summed E-state index contributed by atoms with van der Waals surface area (Å²) >= 11 is 1.34. The smallest absolute Gasteiger partial charge is 0.319 e. The summed E-state index contributed by atoms with van der Waals surface area (Å²) in [6.45, 7) is 0. The van der Waals surface area contributed by atoms with Gasteiger partial charge in [-0.3, -0.25) is 0 Å². The van der Waals surface area contributed by atoms with E-state index in [1.807, 2.05) is 84.9 Å². The van der Waals surface area contributed by atoms with E-state index in [1.54, 1.807) is 6.20 Å². The molecular formula is C22H18N4OS. The van der Waals surface area contributed by atoms with Gasteiger partial charge in [0.1, 0.15) is 0 Å². The van der Waals surface area contributed by atoms with Crippen molar-refractivity contribution in [2.75, 3.05) is 5.32 Å². The van der Waals surface area contributed by atoms with Crippen molar-refractivity contribution in [2.45, 2.75) is 6.04 Å². The molecular weight excluding hydrogens is 368 g/mol. The van der Waals surface area contributed by atoms with E-state index in [9.17, 15) is 4.79 Å². The quantitative estimate of drug-likeness (QED) is 0.500. The fourth-order valence-corrected chi connectivity index (χ4v) is 3.48. The molecule has 4 aromatic rings. The number of nitrogens with one attached hydrogen (secondary N) is 2. The molecule has 6 heteroatoms. The SMILES string of the molecule is O=C(Nc1ccc(-c2cnns2)cc1)NC(c1ccccc1)c1ccccc1. The van der Waals surface area contributed by atoms with Gasteiger partial charge in [0.2, 0.25) is 0 Å². The van der Waals surface area contributed by atoms with Crippen molar-refractivity contribution in [3.05, 3.63) is 102 Å². The van der Waals surface area contributed by atoms with Gasteiger partial charge in [0.25, 0.3) is 0 Å². The van der Waals surface area contributed by atoms with Crippen LogP contribution < -0.4 is 10.6 Å². The molecule has 138 valence electrons. The number of hydrogen-bond donors (Lipinski definition) is 2. The molecule has 4 rings (SSSR count). The van der Waals surface area contributed by atoms with Crippen molar-refractivity contribution < 1.29 is 4.79 Å². The summed E-state index contributed by atoms with van der Waals surface area (Å²) in [4.78, 5) is 13.6. The second kappa shape index (κ2) is 8.45. The minimum absolute atomic E-state index is 0.232. The zero-order valence-electron chi connectivity index (χ0n) is 14.9. The van der Waals surface area contributed by atoms with Gasteiger partial charge in [0, 0.05) is 5.69 Å². The molecule has 3 aromatic carbocycles. The van der Waals surface area contributed by atoms with Gasteiger partial charge < -0.3 is 10.6 Å². The van der Waals surface area contributed by atoms with Crippen LogP contribution in [0.3, 0.4) is 0 Å². The molecule has 0 atom stereocenters. The van der Waals surface area contributed by atoms with Crippen LogP contribution in [0.4, 0.5) is 10.5 Å². The molecule has 28 heavy (non-hydrogen) atoms. The summed E-state index contributed by atoms with van der Waals surface area (Å²) in [6.07, 6.45) is 1.73. The molecule has 0 aliphatic carbocycles. The minimum atomic E-state index is -0.259. The molecule has 0 bridgehead atoms. The number of anilines is 1. The number of amides is 2. The fraction of sp³-hybridized carbons (Fsp3) is 0.0455. The van der Waals surface area contributed by atoms with Gasteiger partial charge in [-0.1, -0.05) is 77.3 Å². The Balaban J connectivity index is 1.49. The van der Waals surface area contributed by atoms with Gasteiger partial charge in [-0.25, -0.2) is 4.79 Å². The first-order chi connectivity index (χ1) is 13.8. The summed E-state index contributed by atoms with van der Waals surface area (Å²) in [5.41, 5.74) is 3.79. The maximum atomic E-state index is 12.6. The van der Waals surface area contributed by atoms with Crippen LogP contribution in [0.25, 0.3) is 10.4 Å². The third-order valence-corrected chi connectivity index (χ3v) is 5.04. The molecule has 0 saturated carbocycles. The molecule has 0 radical (unpaired) electrons. The Bertz CT molecular complexity index is 980. The molecule has 0 saturated heterocycles. The third-order valence-electron chi connectivity index (χ3n) is 4.33. The third kappa shape index (κ3) is 4.24. The number of aromatic nitrogens is 2. The second-order valence-corrected chi connectivity index (χ2v) is 7.00. The Hall–Kier alpha value is -3.51. The lowest BCUT2D eigenvalue weighted by Gasteiger charge is -2.20. The van der Waals surface area contributed by atoms with Crippen LogP contribution in [0.15, 0.2) is 91.1 Å². The summed E-state index contributed by atoms with van der Waals surface area (Å²) in [6, 6.07) is 27.0. The number of urea groups is 1. The highest BCUT2D eigenvalue weighted by Crippen LogP contribution is 2.24. The van der Waals surface area contributed by atoms with E-state index in [0.29, 0.717) is 0 Å². The summed E-state index contributed by atoms with van der Waals surface area (Å²) in [5, 5.41) is 9.83. The van der Waals surface area contributed by atoms with E-state index >= 15 is 0 Å². The zero-order valence-corrected chi connectivity index (χ0v) is 15.8. The van der Waals surface area contributed by atoms with Gasteiger partial charge >= 0.3 is 6.03 Å². The Morgan fingerprint density at radius 1 is 0.821 bits per heavy atom. The van der Waals surface area contributed by atoms with Gasteiger partial charge in [-0.2, -0.15) is 0 Å². The summed E-state index contributed by atoms with van der Waals surface area (Å²) in [7, 11) is 0. The average molecular weight is 386 g/mol. The van der Waals surface area contributed by atoms with Crippen LogP contribution >= 0.6 is 11.5 Å². The lowest BCUT2D eigenvalue weighted by molar-refractivity contribution is 0.250. The van der Waals surface area contributed by atoms with Crippen molar-refractivity contribution >= 4 is 23.3 Å². The molecule has 5 nitrogen and oxygen atoms in total. The highest BCUT2D eigenvalue weighted by Gasteiger charge is 2.16. The molecule has 0 fully saturated rings. The fourth-order valence-electron chi connectivity index (χ4n) is 2.96. The number of benzene rings is 3. The lowest BCUT2D eigenvalue weighted by atomic mass is 9.99. The van der Waals surface area contributed by atoms with Gasteiger partial charge in [-0.05, 0) is 40.4 Å². The topological polar surface area (TPSA) is 66.9 Å². The highest BCUT2D eigenvalue weighted by atomic mass is 32.1. The average Bonchev–Trinajstić information content (AvgIpc) is 3.29. The standard InChI is InChI=1S/C22H18N4OS/c27-22(24-19-13-11-16(12-14-19)20-15-23-26-28-20)25-21(17-7-3-1-4-8-17)18-9-5-2-6-10-18/h1-15,21H,(H2,24,25,27). The molecule has 0 spiro atoms. The Kier molecular flexibility index (Phi) is 5.40. The predicted octanol–water partition coefficient (Wildman–Crippen LogP) is 5.12. The van der Waals surface area contributed by atoms with Crippen LogP contribution in [0.2, 0.25) is 0 Å². The molecule has 1 aromatic heterocycles. The van der Waals surface area contributed by atoms with E-state index in [4.69, 9.17) is 0 Å². The van der Waals surface area contributed by atoms with Gasteiger partial charge in [0.05, 0.1) is 17.1 Å². The van der Waals surface area contributed by atoms with Crippen molar-refractivity contribution in [2.24, 2.45) is 0 Å². The lowest BCUT2D eigenvalue weighted by Crippen LogP contribution is -2.33. The monoisotopic (exact) mass is 386 g/mol. The van der Waals surface area contributed by atoms with E-state index in [0.717, 1.165) is 27.3 Å². The Morgan fingerprint density at radius 3 is 1.96 bits per heavy atom. The Labute approximate surface area is 167 Å². The number of rotatable bonds is 5. The number of nitrogens with zero attached hydrogens (tertiary/aromatic N) is 2. The first-order valence-corrected chi connectivity index (χ1v) is 9.62. The largest absolute Gasteiger partial charge is 0.327 e. The maximum absolute atomic E-state index is 12.6. The molecule has 2 N–H and O–H groups in total. The van der Waals surface area contributed by atoms with Crippen LogP contribution in [-0.4, -0.2) is 15.6 Å². The molecule has 0 aliphatic heterocycles. The molecule has 0 unspecified atom stereocenters. The van der Waals surface area contributed by atoms with Gasteiger partial charge in [-0.15, -0.1) is 5.10 Å². The number of hydrogen-bond acceptors (Lipinski definition) is 4. The van der Waals surface area contributed by atoms with E-state index in [2.05, 4.69) is 20.2 Å². The van der Waals surface area contributed by atoms with Crippen LogP contribution in [0.1, 0.15) is 17.2 Å². The van der Waals surface area contributed by atoms with Crippen molar-refractivity contribution in [3.63, 3.8) is 0 Å². The van der Waals surface area contributed by atoms with Gasteiger partial charge in [0.15, 0.2) is 0 Å². The molecule has 2 amide bonds. The van der Waals surface area contributed by atoms with Crippen molar-refractivity contribution in [1.29, 1.82) is 0 Å². The first-order valence-electron chi connectivity index (χ1n) is 8.85. The molecule has 1 heterocycles. The summed E-state index contributed by atoms with van der Waals surface area (Å²) < 4.78 is 3.87. The predicted molar refractivity (Wildman–Crippen MR) is 112 cm³/mol. The van der Waals surface area contributed by atoms with E-state index in [1.165, 1.54) is 11.5 Å². The van der Waals surface area contributed by atoms with Crippen molar-refractivity contribution in [1.82, 2.24) is 14.9 Å². The van der Waals surface area contributed by atoms with Crippen molar-refractivity contribution in [3.8, 4) is 10.4 Å². The van der Waals surface area contributed by atoms with Crippen LogP contribution in [-0.2, 0) is 0 Å². The normalized spacial score (nSPS) is 10.6. The van der Waals surface area contributed by atoms with E-state index < -0.39 is 0 Å². The second-order valence-electron chi connectivity index (χ2n) is 6.21. The summed E-state index contributed by atoms with van der Waals surface area (Å²) in [5.74, 6) is 0. The van der Waals surface area contributed by atoms with E-state index in [-0.39, 0.29) is 12.1 Å². The zero-order chi connectivity index (χ0) is 19.2. The minimum Gasteiger partial charge on any atom is -0.327 e. The van der Waals surface area contributed by atoms with Crippen LogP contribution in [0.5, 0.6) is 0 Å². The number of carbonyl (C=O) groups is 1. The maximum Gasteiger partial charge on any atom is 0.319 e. The number of carbonyl (C=O) groups excluding carboxylic acids is 1. The molecule has 0 aliphatic rings. The first kappa shape index (κ1) is 17.9. The highest BCUT2D eigenvalue weighted by molar-refractivity contribution is 7.09. The van der Waals surface area contributed by atoms with Crippen LogP contribution in [0, 0.1) is 0 Å².